The lowest BCUT2D eigenvalue weighted by Gasteiger charge is -2.49. The molecule has 0 radical (unpaired) electrons. The van der Waals surface area contributed by atoms with Gasteiger partial charge in [-0.1, -0.05) is 24.3 Å². The van der Waals surface area contributed by atoms with Gasteiger partial charge in [0.2, 0.25) is 11.8 Å². The monoisotopic (exact) mass is 452 g/mol. The van der Waals surface area contributed by atoms with Crippen LogP contribution in [0.5, 0.6) is 11.5 Å². The number of benzene rings is 2. The molecule has 33 heavy (non-hydrogen) atoms. The van der Waals surface area contributed by atoms with E-state index < -0.39 is 18.1 Å². The van der Waals surface area contributed by atoms with Crippen molar-refractivity contribution in [3.05, 3.63) is 59.2 Å². The van der Waals surface area contributed by atoms with E-state index in [1.54, 1.807) is 18.9 Å². The number of rotatable bonds is 6. The van der Waals surface area contributed by atoms with Crippen LogP contribution in [-0.4, -0.2) is 66.2 Å². The maximum absolute atomic E-state index is 13.5. The van der Waals surface area contributed by atoms with Gasteiger partial charge in [-0.3, -0.25) is 9.59 Å². The van der Waals surface area contributed by atoms with Gasteiger partial charge >= 0.3 is 0 Å². The summed E-state index contributed by atoms with van der Waals surface area (Å²) in [7, 11) is 3.16. The van der Waals surface area contributed by atoms with Crippen molar-refractivity contribution in [2.45, 2.75) is 44.9 Å². The summed E-state index contributed by atoms with van der Waals surface area (Å²) in [5.74, 6) is 0.526. The molecule has 1 fully saturated rings. The first-order valence-corrected chi connectivity index (χ1v) is 11.4. The molecule has 7 nitrogen and oxygen atoms in total. The van der Waals surface area contributed by atoms with Gasteiger partial charge in [0.1, 0.15) is 18.1 Å². The SMILES string of the molecule is COCC(=O)N(C)[C@H]1C[C@H]2c3cc(Oc4ccccc4C)ccc3CCN2C(=O)[C@H]1[C@H](C)O. The Hall–Kier alpha value is -2.90. The van der Waals surface area contributed by atoms with Crippen molar-refractivity contribution in [3.8, 4) is 11.5 Å². The van der Waals surface area contributed by atoms with Gasteiger partial charge < -0.3 is 24.4 Å². The zero-order chi connectivity index (χ0) is 23.7. The number of hydrogen-bond donors (Lipinski definition) is 1. The third kappa shape index (κ3) is 4.48. The molecule has 0 unspecified atom stereocenters. The van der Waals surface area contributed by atoms with E-state index in [0.717, 1.165) is 29.0 Å². The van der Waals surface area contributed by atoms with Crippen LogP contribution in [0.3, 0.4) is 0 Å². The van der Waals surface area contributed by atoms with Crippen LogP contribution >= 0.6 is 0 Å². The maximum atomic E-state index is 13.5. The largest absolute Gasteiger partial charge is 0.457 e. The third-order valence-corrected chi connectivity index (χ3v) is 6.92. The number of carbonyl (C=O) groups excluding carboxylic acids is 2. The first kappa shape index (κ1) is 23.3. The lowest BCUT2D eigenvalue weighted by atomic mass is 9.77. The van der Waals surface area contributed by atoms with Gasteiger partial charge in [0, 0.05) is 26.7 Å². The topological polar surface area (TPSA) is 79.3 Å². The second-order valence-electron chi connectivity index (χ2n) is 9.03. The van der Waals surface area contributed by atoms with E-state index >= 15 is 0 Å². The fourth-order valence-corrected chi connectivity index (χ4v) is 5.12. The van der Waals surface area contributed by atoms with Gasteiger partial charge in [0.25, 0.3) is 0 Å². The standard InChI is InChI=1S/C26H32N2O5/c1-16-7-5-6-8-23(16)33-19-10-9-18-11-12-28-21(20(18)13-19)14-22(25(17(2)29)26(28)31)27(3)24(30)15-32-4/h5-10,13,17,21-22,25,29H,11-12,14-15H2,1-4H3/t17-,21-,22-,25-/m0/s1. The predicted octanol–water partition coefficient (Wildman–Crippen LogP) is 3.09. The number of aryl methyl sites for hydroxylation is 1. The van der Waals surface area contributed by atoms with E-state index in [2.05, 4.69) is 6.07 Å². The minimum Gasteiger partial charge on any atom is -0.457 e. The summed E-state index contributed by atoms with van der Waals surface area (Å²) in [5, 5.41) is 10.5. The van der Waals surface area contributed by atoms with Gasteiger partial charge in [0.05, 0.1) is 18.1 Å². The van der Waals surface area contributed by atoms with Gasteiger partial charge in [-0.05, 0) is 61.6 Å². The average molecular weight is 453 g/mol. The second kappa shape index (κ2) is 9.53. The van der Waals surface area contributed by atoms with Crippen LogP contribution in [-0.2, 0) is 20.7 Å². The molecule has 0 bridgehead atoms. The molecule has 2 aromatic carbocycles. The fraction of sp³-hybridized carbons (Fsp3) is 0.462. The molecule has 2 aliphatic heterocycles. The number of piperidine rings is 1. The minimum absolute atomic E-state index is 0.0624. The van der Waals surface area contributed by atoms with Gasteiger partial charge in [-0.25, -0.2) is 0 Å². The summed E-state index contributed by atoms with van der Waals surface area (Å²) in [5.41, 5.74) is 3.27. The highest BCUT2D eigenvalue weighted by atomic mass is 16.5. The normalized spacial score (nSPS) is 22.9. The van der Waals surface area contributed by atoms with E-state index in [1.807, 2.05) is 48.2 Å². The average Bonchev–Trinajstić information content (AvgIpc) is 2.79. The molecule has 2 aliphatic rings. The third-order valence-electron chi connectivity index (χ3n) is 6.92. The van der Waals surface area contributed by atoms with Gasteiger partial charge in [-0.2, -0.15) is 0 Å². The van der Waals surface area contributed by atoms with Crippen LogP contribution in [0.25, 0.3) is 0 Å². The molecule has 2 heterocycles. The lowest BCUT2D eigenvalue weighted by Crippen LogP contribution is -2.60. The highest BCUT2D eigenvalue weighted by Gasteiger charge is 2.48. The molecule has 0 saturated carbocycles. The van der Waals surface area contributed by atoms with Crippen molar-refractivity contribution in [3.63, 3.8) is 0 Å². The summed E-state index contributed by atoms with van der Waals surface area (Å²) >= 11 is 0. The van der Waals surface area contributed by atoms with Crippen molar-refractivity contribution in [2.75, 3.05) is 27.3 Å². The summed E-state index contributed by atoms with van der Waals surface area (Å²) in [6.07, 6.45) is 0.435. The molecule has 4 atom stereocenters. The molecular formula is C26H32N2O5. The molecule has 1 saturated heterocycles. The number of hydrogen-bond acceptors (Lipinski definition) is 5. The van der Waals surface area contributed by atoms with Gasteiger partial charge in [0.15, 0.2) is 0 Å². The molecule has 1 N–H and O–H groups in total. The van der Waals surface area contributed by atoms with E-state index in [9.17, 15) is 14.7 Å². The fourth-order valence-electron chi connectivity index (χ4n) is 5.12. The summed E-state index contributed by atoms with van der Waals surface area (Å²) < 4.78 is 11.2. The van der Waals surface area contributed by atoms with Crippen LogP contribution in [0.4, 0.5) is 0 Å². The Labute approximate surface area is 194 Å². The Balaban J connectivity index is 1.67. The number of nitrogens with zero attached hydrogens (tertiary/aromatic N) is 2. The molecule has 2 aromatic rings. The Morgan fingerprint density at radius 1 is 1.27 bits per heavy atom. The molecule has 0 aromatic heterocycles. The minimum atomic E-state index is -0.863. The van der Waals surface area contributed by atoms with Crippen molar-refractivity contribution in [1.82, 2.24) is 9.80 Å². The highest BCUT2D eigenvalue weighted by Crippen LogP contribution is 2.43. The Morgan fingerprint density at radius 2 is 2.03 bits per heavy atom. The van der Waals surface area contributed by atoms with E-state index in [1.165, 1.54) is 12.7 Å². The number of aliphatic hydroxyl groups is 1. The van der Waals surface area contributed by atoms with Crippen LogP contribution < -0.4 is 4.74 Å². The number of fused-ring (bicyclic) bond motifs is 3. The molecule has 176 valence electrons. The van der Waals surface area contributed by atoms with Crippen LogP contribution in [0.15, 0.2) is 42.5 Å². The first-order valence-electron chi connectivity index (χ1n) is 11.4. The van der Waals surface area contributed by atoms with Gasteiger partial charge in [-0.15, -0.1) is 0 Å². The number of aliphatic hydroxyl groups excluding tert-OH is 1. The molecule has 0 aliphatic carbocycles. The smallest absolute Gasteiger partial charge is 0.248 e. The van der Waals surface area contributed by atoms with Crippen molar-refractivity contribution in [2.24, 2.45) is 5.92 Å². The quantitative estimate of drug-likeness (QED) is 0.729. The Bertz CT molecular complexity index is 1040. The van der Waals surface area contributed by atoms with E-state index in [-0.39, 0.29) is 24.5 Å². The lowest BCUT2D eigenvalue weighted by molar-refractivity contribution is -0.156. The molecule has 4 rings (SSSR count). The van der Waals surface area contributed by atoms with E-state index in [4.69, 9.17) is 9.47 Å². The zero-order valence-electron chi connectivity index (χ0n) is 19.7. The summed E-state index contributed by atoms with van der Waals surface area (Å²) in [6.45, 7) is 4.16. The predicted molar refractivity (Wildman–Crippen MR) is 124 cm³/mol. The van der Waals surface area contributed by atoms with E-state index in [0.29, 0.717) is 13.0 Å². The van der Waals surface area contributed by atoms with Crippen LogP contribution in [0, 0.1) is 12.8 Å². The van der Waals surface area contributed by atoms with Crippen LogP contribution in [0.1, 0.15) is 36.1 Å². The van der Waals surface area contributed by atoms with Crippen LogP contribution in [0.2, 0.25) is 0 Å². The maximum Gasteiger partial charge on any atom is 0.248 e. The Morgan fingerprint density at radius 3 is 2.73 bits per heavy atom. The number of para-hydroxylation sites is 1. The first-order chi connectivity index (χ1) is 15.8. The molecule has 0 spiro atoms. The Kier molecular flexibility index (Phi) is 6.72. The van der Waals surface area contributed by atoms with Crippen molar-refractivity contribution >= 4 is 11.8 Å². The number of carbonyl (C=O) groups is 2. The van der Waals surface area contributed by atoms with Crippen molar-refractivity contribution < 1.29 is 24.2 Å². The zero-order valence-corrected chi connectivity index (χ0v) is 19.7. The van der Waals surface area contributed by atoms with Crippen molar-refractivity contribution in [1.29, 1.82) is 0 Å². The molecule has 7 heteroatoms. The summed E-state index contributed by atoms with van der Waals surface area (Å²) in [6, 6.07) is 13.3. The molecule has 2 amide bonds. The molecular weight excluding hydrogens is 420 g/mol. The number of amides is 2. The number of likely N-dealkylation sites (N-methyl/N-ethyl adjacent to an activating group) is 1. The summed E-state index contributed by atoms with van der Waals surface area (Å²) in [4.78, 5) is 29.5. The second-order valence-corrected chi connectivity index (χ2v) is 9.03. The number of methoxy groups -OCH3 is 1. The number of ether oxygens (including phenoxy) is 2. The highest BCUT2D eigenvalue weighted by molar-refractivity contribution is 5.84.